The van der Waals surface area contributed by atoms with Crippen molar-refractivity contribution in [1.29, 1.82) is 5.26 Å². The lowest BCUT2D eigenvalue weighted by Gasteiger charge is -1.82. The molecular weight excluding hydrogens is 114 g/mol. The Bertz CT molecular complexity index is 153. The van der Waals surface area contributed by atoms with Crippen LogP contribution in [0.4, 0.5) is 0 Å². The van der Waals surface area contributed by atoms with Crippen molar-refractivity contribution in [2.24, 2.45) is 0 Å². The van der Waals surface area contributed by atoms with E-state index in [9.17, 15) is 4.79 Å². The number of nitriles is 1. The fourth-order valence-electron chi connectivity index (χ4n) is 0.414. The first kappa shape index (κ1) is 7.90. The molecule has 0 fully saturated rings. The van der Waals surface area contributed by atoms with Gasteiger partial charge in [0.25, 0.3) is 0 Å². The molecular formula is C7H9NO. The predicted octanol–water partition coefficient (Wildman–Crippen LogP) is 1.44. The van der Waals surface area contributed by atoms with Gasteiger partial charge in [0.15, 0.2) is 0 Å². The smallest absolute Gasteiger partial charge is 0.120 e. The molecule has 0 aromatic rings. The number of allylic oxidation sites excluding steroid dienone is 2. The summed E-state index contributed by atoms with van der Waals surface area (Å²) < 4.78 is 0. The van der Waals surface area contributed by atoms with Crippen LogP contribution in [0.1, 0.15) is 19.8 Å². The quantitative estimate of drug-likeness (QED) is 0.323. The van der Waals surface area contributed by atoms with Gasteiger partial charge in [-0.2, -0.15) is 5.26 Å². The second kappa shape index (κ2) is 5.04. The van der Waals surface area contributed by atoms with Crippen LogP contribution >= 0.6 is 0 Å². The summed E-state index contributed by atoms with van der Waals surface area (Å²) in [5, 5.41) is 8.23. The van der Waals surface area contributed by atoms with Crippen LogP contribution in [0.25, 0.3) is 0 Å². The number of carbonyl (C=O) groups excluding carboxylic acids is 1. The van der Waals surface area contributed by atoms with Crippen LogP contribution in [-0.4, -0.2) is 6.29 Å². The Morgan fingerprint density at radius 2 is 2.33 bits per heavy atom. The fourth-order valence-corrected chi connectivity index (χ4v) is 0.414. The Labute approximate surface area is 54.8 Å². The SMILES string of the molecule is C/C(C#N)=C\CCC=O. The van der Waals surface area contributed by atoms with Crippen molar-refractivity contribution < 1.29 is 4.79 Å². The van der Waals surface area contributed by atoms with Gasteiger partial charge in [-0.1, -0.05) is 6.08 Å². The van der Waals surface area contributed by atoms with Crippen LogP contribution in [0.3, 0.4) is 0 Å². The van der Waals surface area contributed by atoms with Crippen molar-refractivity contribution in [3.05, 3.63) is 11.6 Å². The summed E-state index contributed by atoms with van der Waals surface area (Å²) in [7, 11) is 0. The van der Waals surface area contributed by atoms with E-state index in [4.69, 9.17) is 5.26 Å². The summed E-state index contributed by atoms with van der Waals surface area (Å²) in [5.74, 6) is 0. The summed E-state index contributed by atoms with van der Waals surface area (Å²) >= 11 is 0. The molecule has 0 bridgehead atoms. The van der Waals surface area contributed by atoms with Crippen molar-refractivity contribution in [3.63, 3.8) is 0 Å². The number of carbonyl (C=O) groups is 1. The first-order chi connectivity index (χ1) is 4.31. The fraction of sp³-hybridized carbons (Fsp3) is 0.429. The van der Waals surface area contributed by atoms with Gasteiger partial charge in [-0.15, -0.1) is 0 Å². The molecule has 0 aromatic heterocycles. The highest BCUT2D eigenvalue weighted by Crippen LogP contribution is 1.93. The molecule has 0 aromatic carbocycles. The third-order valence-electron chi connectivity index (χ3n) is 0.911. The monoisotopic (exact) mass is 123 g/mol. The molecule has 0 N–H and O–H groups in total. The number of rotatable bonds is 3. The first-order valence-electron chi connectivity index (χ1n) is 2.81. The normalized spacial score (nSPS) is 10.4. The minimum atomic E-state index is 0.513. The zero-order valence-corrected chi connectivity index (χ0v) is 5.42. The van der Waals surface area contributed by atoms with Crippen LogP contribution in [-0.2, 0) is 4.79 Å². The van der Waals surface area contributed by atoms with Gasteiger partial charge in [-0.3, -0.25) is 0 Å². The Kier molecular flexibility index (Phi) is 4.43. The minimum absolute atomic E-state index is 0.513. The van der Waals surface area contributed by atoms with E-state index >= 15 is 0 Å². The van der Waals surface area contributed by atoms with E-state index in [2.05, 4.69) is 0 Å². The van der Waals surface area contributed by atoms with Gasteiger partial charge in [0, 0.05) is 12.0 Å². The van der Waals surface area contributed by atoms with Gasteiger partial charge in [0.1, 0.15) is 6.29 Å². The molecule has 0 aliphatic heterocycles. The average molecular weight is 123 g/mol. The molecule has 9 heavy (non-hydrogen) atoms. The average Bonchev–Trinajstić information content (AvgIpc) is 1.89. The Hall–Kier alpha value is -1.10. The van der Waals surface area contributed by atoms with Gasteiger partial charge in [0.2, 0.25) is 0 Å². The zero-order valence-electron chi connectivity index (χ0n) is 5.42. The van der Waals surface area contributed by atoms with Gasteiger partial charge in [-0.25, -0.2) is 0 Å². The third-order valence-corrected chi connectivity index (χ3v) is 0.911. The Morgan fingerprint density at radius 1 is 1.67 bits per heavy atom. The van der Waals surface area contributed by atoms with Crippen LogP contribution in [0.15, 0.2) is 11.6 Å². The van der Waals surface area contributed by atoms with E-state index in [1.54, 1.807) is 13.0 Å². The molecule has 0 rings (SSSR count). The molecule has 0 amide bonds. The van der Waals surface area contributed by atoms with E-state index < -0.39 is 0 Å². The topological polar surface area (TPSA) is 40.9 Å². The van der Waals surface area contributed by atoms with Crippen molar-refractivity contribution in [2.75, 3.05) is 0 Å². The maximum absolute atomic E-state index is 9.76. The number of unbranched alkanes of at least 4 members (excludes halogenated alkanes) is 1. The van der Waals surface area contributed by atoms with Crippen LogP contribution in [0.5, 0.6) is 0 Å². The maximum atomic E-state index is 9.76. The van der Waals surface area contributed by atoms with E-state index in [0.717, 1.165) is 6.29 Å². The van der Waals surface area contributed by atoms with E-state index in [-0.39, 0.29) is 0 Å². The third kappa shape index (κ3) is 4.76. The molecule has 2 heteroatoms. The second-order valence-corrected chi connectivity index (χ2v) is 1.74. The zero-order chi connectivity index (χ0) is 7.11. The lowest BCUT2D eigenvalue weighted by molar-refractivity contribution is -0.107. The van der Waals surface area contributed by atoms with Crippen molar-refractivity contribution in [1.82, 2.24) is 0 Å². The van der Waals surface area contributed by atoms with E-state index in [1.165, 1.54) is 0 Å². The maximum Gasteiger partial charge on any atom is 0.120 e. The number of nitrogens with zero attached hydrogens (tertiary/aromatic N) is 1. The molecule has 0 aliphatic rings. The standard InChI is InChI=1S/C7H9NO/c1-7(6-8)4-2-3-5-9/h4-5H,2-3H2,1H3/b7-4+. The molecule has 48 valence electrons. The van der Waals surface area contributed by atoms with Gasteiger partial charge < -0.3 is 4.79 Å². The number of aldehydes is 1. The summed E-state index contributed by atoms with van der Waals surface area (Å²) in [6, 6.07) is 1.97. The Balaban J connectivity index is 3.46. The molecule has 0 aliphatic carbocycles. The molecule has 0 radical (unpaired) electrons. The van der Waals surface area contributed by atoms with Crippen LogP contribution < -0.4 is 0 Å². The molecule has 0 heterocycles. The Morgan fingerprint density at radius 3 is 2.78 bits per heavy atom. The second-order valence-electron chi connectivity index (χ2n) is 1.74. The minimum Gasteiger partial charge on any atom is -0.303 e. The summed E-state index contributed by atoms with van der Waals surface area (Å²) in [5.41, 5.74) is 0.678. The molecule has 0 saturated carbocycles. The van der Waals surface area contributed by atoms with Crippen LogP contribution in [0.2, 0.25) is 0 Å². The van der Waals surface area contributed by atoms with Gasteiger partial charge >= 0.3 is 0 Å². The number of hydrogen-bond donors (Lipinski definition) is 0. The highest BCUT2D eigenvalue weighted by molar-refractivity contribution is 5.49. The highest BCUT2D eigenvalue weighted by atomic mass is 16.1. The summed E-state index contributed by atoms with van der Waals surface area (Å²) in [6.07, 6.45) is 3.80. The molecule has 0 unspecified atom stereocenters. The predicted molar refractivity (Wildman–Crippen MR) is 34.7 cm³/mol. The first-order valence-corrected chi connectivity index (χ1v) is 2.81. The largest absolute Gasteiger partial charge is 0.303 e. The lowest BCUT2D eigenvalue weighted by Crippen LogP contribution is -1.73. The number of hydrogen-bond acceptors (Lipinski definition) is 2. The van der Waals surface area contributed by atoms with Crippen LogP contribution in [0, 0.1) is 11.3 Å². The van der Waals surface area contributed by atoms with Crippen molar-refractivity contribution >= 4 is 6.29 Å². The van der Waals surface area contributed by atoms with Crippen molar-refractivity contribution in [3.8, 4) is 6.07 Å². The van der Waals surface area contributed by atoms with Crippen molar-refractivity contribution in [2.45, 2.75) is 19.8 Å². The molecule has 0 saturated heterocycles. The molecule has 0 atom stereocenters. The molecule has 0 spiro atoms. The molecule has 2 nitrogen and oxygen atoms in total. The van der Waals surface area contributed by atoms with Gasteiger partial charge in [0.05, 0.1) is 6.07 Å². The summed E-state index contributed by atoms with van der Waals surface area (Å²) in [4.78, 5) is 9.76. The highest BCUT2D eigenvalue weighted by Gasteiger charge is 1.82. The lowest BCUT2D eigenvalue weighted by atomic mass is 10.2. The van der Waals surface area contributed by atoms with E-state index in [0.29, 0.717) is 18.4 Å². The van der Waals surface area contributed by atoms with Gasteiger partial charge in [-0.05, 0) is 13.3 Å². The summed E-state index contributed by atoms with van der Waals surface area (Å²) in [6.45, 7) is 1.73. The van der Waals surface area contributed by atoms with E-state index in [1.807, 2.05) is 6.07 Å².